The minimum absolute atomic E-state index is 0.0546. The number of aryl methyl sites for hydroxylation is 1. The van der Waals surface area contributed by atoms with E-state index < -0.39 is 0 Å². The average Bonchev–Trinajstić information content (AvgIpc) is 2.33. The molecule has 6 N–H and O–H groups in total. The molecule has 18 heavy (non-hydrogen) atoms. The van der Waals surface area contributed by atoms with Gasteiger partial charge >= 0.3 is 0 Å². The zero-order valence-corrected chi connectivity index (χ0v) is 10.6. The number of aromatic nitrogens is 1. The van der Waals surface area contributed by atoms with E-state index in [4.69, 9.17) is 11.5 Å². The Labute approximate surface area is 107 Å². The Hall–Kier alpha value is -1.82. The third-order valence-corrected chi connectivity index (χ3v) is 3.00. The van der Waals surface area contributed by atoms with Crippen LogP contribution in [0.4, 0.5) is 11.5 Å². The minimum Gasteiger partial charge on any atom is -0.370 e. The minimum atomic E-state index is 0.0546. The van der Waals surface area contributed by atoms with Crippen LogP contribution in [0.1, 0.15) is 18.5 Å². The van der Waals surface area contributed by atoms with Crippen molar-refractivity contribution in [2.75, 3.05) is 18.4 Å². The first-order chi connectivity index (χ1) is 8.65. The quantitative estimate of drug-likeness (QED) is 0.460. The highest BCUT2D eigenvalue weighted by Gasteiger charge is 2.13. The standard InChI is InChI=1S/C12H20N6/c1-8-10(18-12(13)14)2-3-11(16-8)17-9-4-6-15-7-5-9/h2-3,9,15H,4-7H2,1H3,(H,16,17)(H4,13,14,18). The van der Waals surface area contributed by atoms with Gasteiger partial charge in [-0.2, -0.15) is 0 Å². The van der Waals surface area contributed by atoms with Gasteiger partial charge in [-0.1, -0.05) is 0 Å². The topological polar surface area (TPSA) is 101 Å². The number of nitrogens with one attached hydrogen (secondary N) is 2. The van der Waals surface area contributed by atoms with Gasteiger partial charge < -0.3 is 22.1 Å². The van der Waals surface area contributed by atoms with E-state index in [1.54, 1.807) is 0 Å². The number of hydrogen-bond acceptors (Lipinski definition) is 4. The SMILES string of the molecule is Cc1nc(NC2CCNCC2)ccc1N=C(N)N. The second-order valence-electron chi connectivity index (χ2n) is 4.51. The first-order valence-corrected chi connectivity index (χ1v) is 6.19. The Morgan fingerprint density at radius 1 is 1.39 bits per heavy atom. The molecule has 0 atom stereocenters. The van der Waals surface area contributed by atoms with Gasteiger partial charge in [0.05, 0.1) is 11.4 Å². The van der Waals surface area contributed by atoms with Crippen LogP contribution in [0, 0.1) is 6.92 Å². The third-order valence-electron chi connectivity index (χ3n) is 3.00. The lowest BCUT2D eigenvalue weighted by Crippen LogP contribution is -2.35. The average molecular weight is 248 g/mol. The van der Waals surface area contributed by atoms with E-state index in [-0.39, 0.29) is 5.96 Å². The van der Waals surface area contributed by atoms with Crippen molar-refractivity contribution in [2.45, 2.75) is 25.8 Å². The molecule has 2 heterocycles. The summed E-state index contributed by atoms with van der Waals surface area (Å²) in [5, 5.41) is 6.78. The number of aliphatic imine (C=N–C) groups is 1. The maximum absolute atomic E-state index is 5.36. The summed E-state index contributed by atoms with van der Waals surface area (Å²) >= 11 is 0. The van der Waals surface area contributed by atoms with Crippen molar-refractivity contribution in [3.8, 4) is 0 Å². The molecule has 1 saturated heterocycles. The third kappa shape index (κ3) is 3.33. The Morgan fingerprint density at radius 2 is 2.11 bits per heavy atom. The molecule has 6 nitrogen and oxygen atoms in total. The van der Waals surface area contributed by atoms with Crippen molar-refractivity contribution in [3.63, 3.8) is 0 Å². The molecule has 1 aliphatic heterocycles. The molecule has 0 aromatic carbocycles. The normalized spacial score (nSPS) is 16.3. The van der Waals surface area contributed by atoms with E-state index >= 15 is 0 Å². The molecule has 1 aliphatic rings. The van der Waals surface area contributed by atoms with Gasteiger partial charge in [0.2, 0.25) is 0 Å². The number of nitrogens with zero attached hydrogens (tertiary/aromatic N) is 2. The molecule has 1 aromatic rings. The molecular weight excluding hydrogens is 228 g/mol. The van der Waals surface area contributed by atoms with Crippen molar-refractivity contribution in [2.24, 2.45) is 16.5 Å². The van der Waals surface area contributed by atoms with Crippen molar-refractivity contribution in [1.82, 2.24) is 10.3 Å². The van der Waals surface area contributed by atoms with Crippen LogP contribution < -0.4 is 22.1 Å². The van der Waals surface area contributed by atoms with Crippen LogP contribution in [0.25, 0.3) is 0 Å². The fraction of sp³-hybridized carbons (Fsp3) is 0.500. The van der Waals surface area contributed by atoms with Crippen LogP contribution in [0.3, 0.4) is 0 Å². The lowest BCUT2D eigenvalue weighted by molar-refractivity contribution is 0.478. The van der Waals surface area contributed by atoms with Crippen LogP contribution in [0.15, 0.2) is 17.1 Å². The van der Waals surface area contributed by atoms with Crippen molar-refractivity contribution in [3.05, 3.63) is 17.8 Å². The molecule has 0 saturated carbocycles. The molecular formula is C12H20N6. The Bertz CT molecular complexity index is 432. The van der Waals surface area contributed by atoms with E-state index in [2.05, 4.69) is 20.6 Å². The van der Waals surface area contributed by atoms with Gasteiger partial charge in [0.15, 0.2) is 5.96 Å². The second kappa shape index (κ2) is 5.68. The van der Waals surface area contributed by atoms with Crippen molar-refractivity contribution >= 4 is 17.5 Å². The summed E-state index contributed by atoms with van der Waals surface area (Å²) in [6.07, 6.45) is 2.24. The number of piperidine rings is 1. The Kier molecular flexibility index (Phi) is 3.99. The summed E-state index contributed by atoms with van der Waals surface area (Å²) in [7, 11) is 0. The number of guanidine groups is 1. The molecule has 0 aliphatic carbocycles. The first-order valence-electron chi connectivity index (χ1n) is 6.19. The smallest absolute Gasteiger partial charge is 0.191 e. The molecule has 0 bridgehead atoms. The fourth-order valence-corrected chi connectivity index (χ4v) is 2.07. The maximum atomic E-state index is 5.36. The summed E-state index contributed by atoms with van der Waals surface area (Å²) in [6, 6.07) is 4.29. The number of nitrogens with two attached hydrogens (primary N) is 2. The second-order valence-corrected chi connectivity index (χ2v) is 4.51. The predicted octanol–water partition coefficient (Wildman–Crippen LogP) is 0.459. The molecule has 0 spiro atoms. The zero-order valence-electron chi connectivity index (χ0n) is 10.6. The van der Waals surface area contributed by atoms with Crippen LogP contribution in [-0.4, -0.2) is 30.1 Å². The molecule has 0 amide bonds. The van der Waals surface area contributed by atoms with Gasteiger partial charge in [-0.15, -0.1) is 0 Å². The summed E-state index contributed by atoms with van der Waals surface area (Å²) in [4.78, 5) is 8.49. The van der Waals surface area contributed by atoms with E-state index in [1.165, 1.54) is 0 Å². The van der Waals surface area contributed by atoms with E-state index in [0.717, 1.165) is 37.4 Å². The number of anilines is 1. The molecule has 1 aromatic heterocycles. The highest BCUT2D eigenvalue weighted by Crippen LogP contribution is 2.20. The van der Waals surface area contributed by atoms with Crippen LogP contribution in [0.5, 0.6) is 0 Å². The highest BCUT2D eigenvalue weighted by atomic mass is 15.1. The summed E-state index contributed by atoms with van der Waals surface area (Å²) in [5.41, 5.74) is 12.3. The van der Waals surface area contributed by atoms with Crippen LogP contribution in [-0.2, 0) is 0 Å². The van der Waals surface area contributed by atoms with E-state index in [1.807, 2.05) is 19.1 Å². The molecule has 2 rings (SSSR count). The number of hydrogen-bond donors (Lipinski definition) is 4. The molecule has 98 valence electrons. The fourth-order valence-electron chi connectivity index (χ4n) is 2.07. The molecule has 6 heteroatoms. The van der Waals surface area contributed by atoms with E-state index in [9.17, 15) is 0 Å². The summed E-state index contributed by atoms with van der Waals surface area (Å²) in [5.74, 6) is 0.938. The molecule has 0 radical (unpaired) electrons. The maximum Gasteiger partial charge on any atom is 0.191 e. The Morgan fingerprint density at radius 3 is 2.72 bits per heavy atom. The van der Waals surface area contributed by atoms with Gasteiger partial charge in [-0.05, 0) is 45.0 Å². The predicted molar refractivity (Wildman–Crippen MR) is 74.0 cm³/mol. The van der Waals surface area contributed by atoms with Crippen molar-refractivity contribution < 1.29 is 0 Å². The van der Waals surface area contributed by atoms with Gasteiger partial charge in [0.1, 0.15) is 5.82 Å². The van der Waals surface area contributed by atoms with Gasteiger partial charge in [-0.25, -0.2) is 9.98 Å². The van der Waals surface area contributed by atoms with Gasteiger partial charge in [0.25, 0.3) is 0 Å². The Balaban J connectivity index is 2.06. The van der Waals surface area contributed by atoms with Crippen LogP contribution in [0.2, 0.25) is 0 Å². The largest absolute Gasteiger partial charge is 0.370 e. The monoisotopic (exact) mass is 248 g/mol. The lowest BCUT2D eigenvalue weighted by atomic mass is 10.1. The highest BCUT2D eigenvalue weighted by molar-refractivity contribution is 5.79. The number of pyridine rings is 1. The molecule has 0 unspecified atom stereocenters. The zero-order chi connectivity index (χ0) is 13.0. The van der Waals surface area contributed by atoms with Gasteiger partial charge in [-0.3, -0.25) is 0 Å². The lowest BCUT2D eigenvalue weighted by Gasteiger charge is -2.24. The molecule has 1 fully saturated rings. The van der Waals surface area contributed by atoms with Crippen LogP contribution >= 0.6 is 0 Å². The number of rotatable bonds is 3. The van der Waals surface area contributed by atoms with Crippen molar-refractivity contribution in [1.29, 1.82) is 0 Å². The summed E-state index contributed by atoms with van der Waals surface area (Å²) < 4.78 is 0. The van der Waals surface area contributed by atoms with Gasteiger partial charge in [0, 0.05) is 6.04 Å². The summed E-state index contributed by atoms with van der Waals surface area (Å²) in [6.45, 7) is 4.01. The van der Waals surface area contributed by atoms with E-state index in [0.29, 0.717) is 11.7 Å². The first kappa shape index (κ1) is 12.6.